The fraction of sp³-hybridized carbons (Fsp3) is 0.419. The molecule has 304 valence electrons. The number of nitrogens with one attached hydrogen (secondary N) is 4. The van der Waals surface area contributed by atoms with Crippen molar-refractivity contribution in [2.24, 2.45) is 16.5 Å². The minimum absolute atomic E-state index is 0.0415. The molecule has 1 aromatic heterocycles. The maximum atomic E-state index is 14.3. The van der Waals surface area contributed by atoms with Gasteiger partial charge in [0.2, 0.25) is 11.8 Å². The van der Waals surface area contributed by atoms with Crippen LogP contribution in [0, 0.1) is 0 Å². The fourth-order valence-corrected chi connectivity index (χ4v) is 6.70. The molecule has 3 aromatic carbocycles. The molecule has 14 nitrogen and oxygen atoms in total. The van der Waals surface area contributed by atoms with Crippen LogP contribution in [0.4, 0.5) is 4.79 Å². The van der Waals surface area contributed by atoms with Crippen LogP contribution in [0.3, 0.4) is 0 Å². The van der Waals surface area contributed by atoms with Crippen LogP contribution < -0.4 is 27.4 Å². The first-order chi connectivity index (χ1) is 27.0. The number of nitrogens with two attached hydrogens (primary N) is 2. The quantitative estimate of drug-likeness (QED) is 0.0399. The predicted molar refractivity (Wildman–Crippen MR) is 219 cm³/mol. The second-order valence-corrected chi connectivity index (χ2v) is 16.1. The van der Waals surface area contributed by atoms with Gasteiger partial charge in [0.1, 0.15) is 24.3 Å². The summed E-state index contributed by atoms with van der Waals surface area (Å²) >= 11 is 0. The van der Waals surface area contributed by atoms with E-state index in [1.807, 2.05) is 93.6 Å². The molecule has 0 bridgehead atoms. The first kappa shape index (κ1) is 42.3. The van der Waals surface area contributed by atoms with E-state index in [4.69, 9.17) is 25.7 Å². The van der Waals surface area contributed by atoms with E-state index in [-0.39, 0.29) is 44.5 Å². The van der Waals surface area contributed by atoms with Gasteiger partial charge in [-0.2, -0.15) is 0 Å². The molecule has 3 atom stereocenters. The molecule has 57 heavy (non-hydrogen) atoms. The average Bonchev–Trinajstić information content (AvgIpc) is 3.70. The summed E-state index contributed by atoms with van der Waals surface area (Å²) in [6.45, 7) is 10.7. The van der Waals surface area contributed by atoms with Crippen LogP contribution in [-0.2, 0) is 35.0 Å². The number of aromatic nitrogens is 1. The molecule has 1 heterocycles. The Balaban J connectivity index is 1.37. The number of aliphatic imine (C=N–C) groups is 1. The van der Waals surface area contributed by atoms with Crippen molar-refractivity contribution in [2.45, 2.75) is 96.1 Å². The second-order valence-electron chi connectivity index (χ2n) is 16.1. The third-order valence-electron chi connectivity index (χ3n) is 9.32. The third kappa shape index (κ3) is 11.8. The number of ether oxygens (including phenoxy) is 3. The number of H-pyrrole nitrogens is 1. The Morgan fingerprint density at radius 2 is 1.37 bits per heavy atom. The van der Waals surface area contributed by atoms with E-state index in [2.05, 4.69) is 25.9 Å². The standard InChI is InChI=1S/C43H55N7O7/c1-42(2,3)56-25-36(39(53)57-43(4,5)6)49-37(51)34(20-13-21-46-40(44)45)48-38(52)35(22-26-23-47-33-19-12-11-14-27(26)33)50-41(54)55-24-32-30-17-9-7-15-28(30)29-16-8-10-18-31(29)32/h7-12,14-19,23,32,34-36,47H,13,20-22,24-25H2,1-6H3,(H,48,52)(H,49,51)(H,50,54)(H4,44,45,46)/t34-,35-,36-/m0/s1. The van der Waals surface area contributed by atoms with Crippen LogP contribution in [0.1, 0.15) is 77.0 Å². The van der Waals surface area contributed by atoms with Crippen LogP contribution in [0.5, 0.6) is 0 Å². The number of benzene rings is 3. The van der Waals surface area contributed by atoms with Gasteiger partial charge in [-0.05, 0) is 88.3 Å². The summed E-state index contributed by atoms with van der Waals surface area (Å²) in [7, 11) is 0. The number of alkyl carbamates (subject to hydrolysis) is 1. The van der Waals surface area contributed by atoms with Crippen molar-refractivity contribution in [1.29, 1.82) is 0 Å². The molecule has 4 aromatic rings. The van der Waals surface area contributed by atoms with Crippen molar-refractivity contribution in [3.05, 3.63) is 95.7 Å². The van der Waals surface area contributed by atoms with Gasteiger partial charge >= 0.3 is 12.1 Å². The maximum absolute atomic E-state index is 14.3. The van der Waals surface area contributed by atoms with Gasteiger partial charge < -0.3 is 46.6 Å². The Labute approximate surface area is 333 Å². The highest BCUT2D eigenvalue weighted by Gasteiger charge is 2.34. The van der Waals surface area contributed by atoms with Crippen LogP contribution in [0.2, 0.25) is 0 Å². The molecule has 0 fully saturated rings. The Morgan fingerprint density at radius 1 is 0.772 bits per heavy atom. The lowest BCUT2D eigenvalue weighted by Crippen LogP contribution is -2.57. The SMILES string of the molecule is CC(C)(C)OC[C@H](NC(=O)[C@H](CCCN=C(N)N)NC(=O)[C@H](Cc1c[nH]c2ccccc12)NC(=O)OCC1c2ccccc2-c2ccccc21)C(=O)OC(C)(C)C. The molecule has 0 saturated carbocycles. The highest BCUT2D eigenvalue weighted by molar-refractivity contribution is 5.94. The van der Waals surface area contributed by atoms with Gasteiger partial charge in [-0.3, -0.25) is 14.6 Å². The normalized spacial score (nSPS) is 14.1. The minimum Gasteiger partial charge on any atom is -0.458 e. The van der Waals surface area contributed by atoms with Gasteiger partial charge in [-0.15, -0.1) is 0 Å². The number of para-hydroxylation sites is 1. The summed E-state index contributed by atoms with van der Waals surface area (Å²) < 4.78 is 17.3. The maximum Gasteiger partial charge on any atom is 0.407 e. The lowest BCUT2D eigenvalue weighted by molar-refractivity contribution is -0.162. The van der Waals surface area contributed by atoms with E-state index in [0.29, 0.717) is 6.42 Å². The molecule has 0 unspecified atom stereocenters. The number of hydrogen-bond donors (Lipinski definition) is 6. The number of carbonyl (C=O) groups is 4. The Bertz CT molecular complexity index is 2030. The highest BCUT2D eigenvalue weighted by Crippen LogP contribution is 2.44. The average molecular weight is 782 g/mol. The summed E-state index contributed by atoms with van der Waals surface area (Å²) in [5.41, 5.74) is 15.5. The van der Waals surface area contributed by atoms with Crippen molar-refractivity contribution in [1.82, 2.24) is 20.9 Å². The van der Waals surface area contributed by atoms with Gasteiger partial charge in [0.25, 0.3) is 0 Å². The van der Waals surface area contributed by atoms with E-state index in [0.717, 1.165) is 38.7 Å². The van der Waals surface area contributed by atoms with Crippen molar-refractivity contribution < 1.29 is 33.4 Å². The Hall–Kier alpha value is -5.89. The molecule has 0 saturated heterocycles. The van der Waals surface area contributed by atoms with Crippen LogP contribution in [-0.4, -0.2) is 83.9 Å². The summed E-state index contributed by atoms with van der Waals surface area (Å²) in [6.07, 6.45) is 1.46. The monoisotopic (exact) mass is 781 g/mol. The van der Waals surface area contributed by atoms with Gasteiger partial charge in [0.05, 0.1) is 12.2 Å². The van der Waals surface area contributed by atoms with E-state index in [1.165, 1.54) is 0 Å². The zero-order valence-electron chi connectivity index (χ0n) is 33.5. The summed E-state index contributed by atoms with van der Waals surface area (Å²) in [5.74, 6) is -2.30. The summed E-state index contributed by atoms with van der Waals surface area (Å²) in [5, 5.41) is 9.20. The van der Waals surface area contributed by atoms with Gasteiger partial charge in [-0.25, -0.2) is 9.59 Å². The highest BCUT2D eigenvalue weighted by atomic mass is 16.6. The number of carbonyl (C=O) groups excluding carboxylic acids is 4. The molecule has 14 heteroatoms. The summed E-state index contributed by atoms with van der Waals surface area (Å²) in [6, 6.07) is 20.1. The lowest BCUT2D eigenvalue weighted by atomic mass is 9.98. The first-order valence-electron chi connectivity index (χ1n) is 19.2. The number of hydrogen-bond acceptors (Lipinski definition) is 8. The van der Waals surface area contributed by atoms with E-state index >= 15 is 0 Å². The van der Waals surface area contributed by atoms with Gasteiger partial charge in [0.15, 0.2) is 12.0 Å². The lowest BCUT2D eigenvalue weighted by Gasteiger charge is -2.29. The largest absolute Gasteiger partial charge is 0.458 e. The van der Waals surface area contributed by atoms with Crippen molar-refractivity contribution in [2.75, 3.05) is 19.8 Å². The molecule has 5 rings (SSSR count). The number of esters is 1. The second kappa shape index (κ2) is 18.4. The van der Waals surface area contributed by atoms with Gasteiger partial charge in [-0.1, -0.05) is 66.7 Å². The number of rotatable bonds is 16. The number of nitrogens with zero attached hydrogens (tertiary/aromatic N) is 1. The number of aromatic amines is 1. The Morgan fingerprint density at radius 3 is 2.00 bits per heavy atom. The van der Waals surface area contributed by atoms with Crippen molar-refractivity contribution >= 4 is 40.7 Å². The zero-order valence-corrected chi connectivity index (χ0v) is 33.5. The Kier molecular flexibility index (Phi) is 13.6. The van der Waals surface area contributed by atoms with E-state index < -0.39 is 53.2 Å². The van der Waals surface area contributed by atoms with Crippen LogP contribution in [0.25, 0.3) is 22.0 Å². The van der Waals surface area contributed by atoms with Gasteiger partial charge in [0, 0.05) is 36.0 Å². The van der Waals surface area contributed by atoms with E-state index in [1.54, 1.807) is 27.0 Å². The van der Waals surface area contributed by atoms with E-state index in [9.17, 15) is 19.2 Å². The molecule has 3 amide bonds. The zero-order chi connectivity index (χ0) is 41.3. The molecule has 0 aliphatic heterocycles. The molecule has 1 aliphatic carbocycles. The predicted octanol–water partition coefficient (Wildman–Crippen LogP) is 4.80. The van der Waals surface area contributed by atoms with Crippen molar-refractivity contribution in [3.63, 3.8) is 0 Å². The molecule has 0 radical (unpaired) electrons. The number of amides is 3. The van der Waals surface area contributed by atoms with Crippen molar-refractivity contribution in [3.8, 4) is 11.1 Å². The van der Waals surface area contributed by atoms with Crippen LogP contribution >= 0.6 is 0 Å². The number of guanidine groups is 1. The molecular weight excluding hydrogens is 727 g/mol. The minimum atomic E-state index is -1.19. The van der Waals surface area contributed by atoms with Crippen LogP contribution in [0.15, 0.2) is 84.0 Å². The topological polar surface area (TPSA) is 212 Å². The fourth-order valence-electron chi connectivity index (χ4n) is 6.70. The first-order valence-corrected chi connectivity index (χ1v) is 19.2. The smallest absolute Gasteiger partial charge is 0.407 e. The third-order valence-corrected chi connectivity index (χ3v) is 9.32. The summed E-state index contributed by atoms with van der Waals surface area (Å²) in [4.78, 5) is 62.4. The molecular formula is C43H55N7O7. The molecule has 1 aliphatic rings. The number of fused-ring (bicyclic) bond motifs is 4. The molecule has 8 N–H and O–H groups in total. The molecule has 0 spiro atoms.